The van der Waals surface area contributed by atoms with Gasteiger partial charge in [-0.1, -0.05) is 12.1 Å². The Kier molecular flexibility index (Phi) is 5.47. The van der Waals surface area contributed by atoms with Gasteiger partial charge < -0.3 is 0 Å². The molecule has 0 atom stereocenters. The van der Waals surface area contributed by atoms with E-state index < -0.39 is 28.7 Å². The lowest BCUT2D eigenvalue weighted by molar-refractivity contribution is -0.122. The summed E-state index contributed by atoms with van der Waals surface area (Å²) in [7, 11) is 0. The van der Waals surface area contributed by atoms with E-state index in [1.54, 1.807) is 0 Å². The number of carbonyl (C=O) groups excluding carboxylic acids is 1. The van der Waals surface area contributed by atoms with Crippen molar-refractivity contribution in [2.75, 3.05) is 13.1 Å². The lowest BCUT2D eigenvalue weighted by Crippen LogP contribution is -2.46. The fourth-order valence-corrected chi connectivity index (χ4v) is 5.04. The third-order valence-corrected chi connectivity index (χ3v) is 6.57. The van der Waals surface area contributed by atoms with Crippen LogP contribution < -0.4 is 0 Å². The average molecular weight is 405 g/mol. The average Bonchev–Trinajstić information content (AvgIpc) is 2.69. The van der Waals surface area contributed by atoms with Crippen LogP contribution in [0.5, 0.6) is 0 Å². The molecule has 0 radical (unpaired) electrons. The van der Waals surface area contributed by atoms with Crippen molar-refractivity contribution in [3.8, 4) is 0 Å². The van der Waals surface area contributed by atoms with Crippen LogP contribution in [-0.4, -0.2) is 29.8 Å². The van der Waals surface area contributed by atoms with Crippen LogP contribution in [0, 0.1) is 23.3 Å². The van der Waals surface area contributed by atoms with Crippen LogP contribution in [0.1, 0.15) is 49.7 Å². The van der Waals surface area contributed by atoms with Gasteiger partial charge in [0, 0.05) is 49.5 Å². The summed E-state index contributed by atoms with van der Waals surface area (Å²) < 4.78 is 56.6. The number of rotatable bonds is 3. The molecule has 0 bridgehead atoms. The number of nitrogens with zero attached hydrogens (tertiary/aromatic N) is 1. The molecule has 1 aliphatic carbocycles. The summed E-state index contributed by atoms with van der Waals surface area (Å²) in [4.78, 5) is 13.8. The summed E-state index contributed by atoms with van der Waals surface area (Å²) in [5, 5.41) is 0. The predicted octanol–water partition coefficient (Wildman–Crippen LogP) is 5.14. The van der Waals surface area contributed by atoms with Crippen molar-refractivity contribution < 1.29 is 22.4 Å². The second kappa shape index (κ2) is 7.90. The quantitative estimate of drug-likeness (QED) is 0.660. The number of benzene rings is 2. The Balaban J connectivity index is 1.68. The second-order valence-corrected chi connectivity index (χ2v) is 8.14. The van der Waals surface area contributed by atoms with E-state index in [0.29, 0.717) is 51.6 Å². The Morgan fingerprint density at radius 2 is 1.28 bits per heavy atom. The molecule has 0 spiro atoms. The number of piperidine rings is 1. The number of likely N-dealkylation sites (tertiary alicyclic amines) is 1. The zero-order valence-corrected chi connectivity index (χ0v) is 16.1. The first-order chi connectivity index (χ1) is 13.9. The summed E-state index contributed by atoms with van der Waals surface area (Å²) in [6.07, 6.45) is 3.41. The van der Waals surface area contributed by atoms with E-state index in [1.165, 1.54) is 24.3 Å². The van der Waals surface area contributed by atoms with Crippen molar-refractivity contribution in [1.29, 1.82) is 0 Å². The van der Waals surface area contributed by atoms with E-state index in [4.69, 9.17) is 0 Å². The van der Waals surface area contributed by atoms with Crippen LogP contribution in [0.4, 0.5) is 17.6 Å². The summed E-state index contributed by atoms with van der Waals surface area (Å²) in [5.74, 6) is -2.53. The van der Waals surface area contributed by atoms with Crippen LogP contribution in [0.15, 0.2) is 36.4 Å². The highest BCUT2D eigenvalue weighted by Crippen LogP contribution is 2.47. The van der Waals surface area contributed by atoms with Gasteiger partial charge in [-0.15, -0.1) is 0 Å². The van der Waals surface area contributed by atoms with Gasteiger partial charge in [0.2, 0.25) is 0 Å². The Bertz CT molecular complexity index is 858. The van der Waals surface area contributed by atoms with Crippen molar-refractivity contribution in [2.45, 2.75) is 50.0 Å². The Morgan fingerprint density at radius 1 is 0.793 bits per heavy atom. The van der Waals surface area contributed by atoms with Gasteiger partial charge in [-0.25, -0.2) is 17.6 Å². The van der Waals surface area contributed by atoms with Crippen molar-refractivity contribution in [3.05, 3.63) is 70.8 Å². The largest absolute Gasteiger partial charge is 0.300 e. The molecule has 0 N–H and O–H groups in total. The predicted molar refractivity (Wildman–Crippen MR) is 102 cm³/mol. The van der Waals surface area contributed by atoms with Crippen molar-refractivity contribution >= 4 is 5.78 Å². The maximum absolute atomic E-state index is 14.8. The maximum Gasteiger partial charge on any atom is 0.135 e. The molecule has 29 heavy (non-hydrogen) atoms. The maximum atomic E-state index is 14.8. The van der Waals surface area contributed by atoms with E-state index in [2.05, 4.69) is 4.90 Å². The normalized spacial score (nSPS) is 20.8. The van der Waals surface area contributed by atoms with E-state index in [-0.39, 0.29) is 23.0 Å². The topological polar surface area (TPSA) is 20.3 Å². The molecule has 154 valence electrons. The SMILES string of the molecule is O=C1CCN(C2CCC(c3ccc(F)cc3F)(c3ccc(F)cc3F)CC2)CC1. The standard InChI is InChI=1S/C23H23F4NO/c24-15-1-3-19(21(26)13-15)23(20-4-2-16(25)14-22(20)27)9-5-17(6-10-23)28-11-7-18(29)8-12-28/h1-4,13-14,17H,5-12H2. The third kappa shape index (κ3) is 3.82. The molecule has 0 unspecified atom stereocenters. The van der Waals surface area contributed by atoms with Gasteiger partial charge in [-0.2, -0.15) is 0 Å². The smallest absolute Gasteiger partial charge is 0.135 e. The van der Waals surface area contributed by atoms with Crippen LogP contribution >= 0.6 is 0 Å². The Labute approximate surface area is 167 Å². The Morgan fingerprint density at radius 3 is 1.72 bits per heavy atom. The van der Waals surface area contributed by atoms with Gasteiger partial charge in [-0.3, -0.25) is 9.69 Å². The van der Waals surface area contributed by atoms with Crippen molar-refractivity contribution in [3.63, 3.8) is 0 Å². The summed E-state index contributed by atoms with van der Waals surface area (Å²) >= 11 is 0. The van der Waals surface area contributed by atoms with Crippen molar-refractivity contribution in [2.24, 2.45) is 0 Å². The minimum absolute atomic E-state index is 0.239. The monoisotopic (exact) mass is 405 g/mol. The van der Waals surface area contributed by atoms with Crippen LogP contribution in [0.3, 0.4) is 0 Å². The summed E-state index contributed by atoms with van der Waals surface area (Å²) in [5.41, 5.74) is -0.481. The lowest BCUT2D eigenvalue weighted by atomic mass is 9.63. The minimum atomic E-state index is -0.975. The minimum Gasteiger partial charge on any atom is -0.300 e. The molecule has 0 aromatic heterocycles. The highest BCUT2D eigenvalue weighted by atomic mass is 19.1. The van der Waals surface area contributed by atoms with Gasteiger partial charge in [0.25, 0.3) is 0 Å². The molecule has 1 saturated carbocycles. The number of hydrogen-bond acceptors (Lipinski definition) is 2. The van der Waals surface area contributed by atoms with Crippen LogP contribution in [0.25, 0.3) is 0 Å². The van der Waals surface area contributed by atoms with E-state index in [1.807, 2.05) is 0 Å². The number of halogens is 4. The molecule has 1 heterocycles. The van der Waals surface area contributed by atoms with E-state index >= 15 is 0 Å². The first kappa shape index (κ1) is 20.1. The third-order valence-electron chi connectivity index (χ3n) is 6.57. The second-order valence-electron chi connectivity index (χ2n) is 8.14. The van der Waals surface area contributed by atoms with E-state index in [0.717, 1.165) is 12.1 Å². The highest BCUT2D eigenvalue weighted by molar-refractivity contribution is 5.79. The van der Waals surface area contributed by atoms with Gasteiger partial charge >= 0.3 is 0 Å². The number of carbonyl (C=O) groups is 1. The molecule has 1 saturated heterocycles. The van der Waals surface area contributed by atoms with Gasteiger partial charge in [-0.05, 0) is 48.9 Å². The zero-order chi connectivity index (χ0) is 20.6. The molecule has 6 heteroatoms. The molecule has 2 aromatic rings. The first-order valence-electron chi connectivity index (χ1n) is 10.1. The lowest BCUT2D eigenvalue weighted by Gasteiger charge is -2.45. The fraction of sp³-hybridized carbons (Fsp3) is 0.435. The molecule has 0 amide bonds. The van der Waals surface area contributed by atoms with Gasteiger partial charge in [0.05, 0.1) is 0 Å². The molecule has 1 aliphatic heterocycles. The molecular weight excluding hydrogens is 382 g/mol. The van der Waals surface area contributed by atoms with Crippen LogP contribution in [-0.2, 0) is 10.2 Å². The highest BCUT2D eigenvalue weighted by Gasteiger charge is 2.43. The Hall–Kier alpha value is -2.21. The fourth-order valence-electron chi connectivity index (χ4n) is 5.04. The molecule has 2 nitrogen and oxygen atoms in total. The molecule has 4 rings (SSSR count). The van der Waals surface area contributed by atoms with Crippen molar-refractivity contribution in [1.82, 2.24) is 4.90 Å². The molecule has 2 aliphatic rings. The number of Topliss-reactive ketones (excluding diaryl/α,β-unsaturated/α-hetero) is 1. The van der Waals surface area contributed by atoms with Gasteiger partial charge in [0.15, 0.2) is 0 Å². The van der Waals surface area contributed by atoms with E-state index in [9.17, 15) is 22.4 Å². The summed E-state index contributed by atoms with van der Waals surface area (Å²) in [6.45, 7) is 1.43. The first-order valence-corrected chi connectivity index (χ1v) is 10.1. The number of ketones is 1. The molecular formula is C23H23F4NO. The summed E-state index contributed by atoms with van der Waals surface area (Å²) in [6, 6.07) is 7.01. The number of hydrogen-bond donors (Lipinski definition) is 0. The molecule has 2 fully saturated rings. The van der Waals surface area contributed by atoms with Gasteiger partial charge in [0.1, 0.15) is 29.1 Å². The zero-order valence-electron chi connectivity index (χ0n) is 16.1. The van der Waals surface area contributed by atoms with Crippen LogP contribution in [0.2, 0.25) is 0 Å². The molecule has 2 aromatic carbocycles.